The van der Waals surface area contributed by atoms with E-state index in [9.17, 15) is 0 Å². The number of hydrogen-bond donors (Lipinski definition) is 0. The van der Waals surface area contributed by atoms with Crippen LogP contribution in [0.5, 0.6) is 0 Å². The zero-order valence-electron chi connectivity index (χ0n) is 114. The summed E-state index contributed by atoms with van der Waals surface area (Å²) in [6.07, 6.45) is 11.9. The van der Waals surface area contributed by atoms with Crippen molar-refractivity contribution in [2.75, 3.05) is 0 Å². The topological polar surface area (TPSA) is 103 Å². The number of hydrogen-bond acceptors (Lipinski definition) is 8. The van der Waals surface area contributed by atoms with E-state index in [-0.39, 0.29) is 284 Å². The van der Waals surface area contributed by atoms with Gasteiger partial charge in [0.05, 0.1) is 43.3 Å². The maximum Gasteiger partial charge on any atom is 0.0830 e. The van der Waals surface area contributed by atoms with Crippen molar-refractivity contribution >= 4 is 53.0 Å². The van der Waals surface area contributed by atoms with Gasteiger partial charge in [0.2, 0.25) is 0 Å². The van der Waals surface area contributed by atoms with Gasteiger partial charge >= 0.3 is 0 Å². The molecule has 8 nitrogen and oxygen atoms in total. The van der Waals surface area contributed by atoms with Crippen LogP contribution in [0.3, 0.4) is 0 Å². The molecule has 2 atom stereocenters. The molecule has 0 bridgehead atoms. The zero-order valence-corrected chi connectivity index (χ0v) is 91.3. The quantitative estimate of drug-likeness (QED) is 0.0583. The first-order valence-electron chi connectivity index (χ1n) is 59.8. The molecule has 0 amide bonds. The van der Waals surface area contributed by atoms with Gasteiger partial charge in [0.1, 0.15) is 0 Å². The summed E-state index contributed by atoms with van der Waals surface area (Å²) in [5.41, 5.74) is 11.1. The molecule has 8 heterocycles. The molecule has 16 heteroatoms. The molecule has 4 radical (unpaired) electrons. The first-order chi connectivity index (χ1) is 76.1. The van der Waals surface area contributed by atoms with Crippen molar-refractivity contribution in [1.29, 1.82) is 0 Å². The van der Waals surface area contributed by atoms with Crippen LogP contribution in [0.15, 0.2) is 340 Å². The molecule has 0 N–H and O–H groups in total. The minimum Gasteiger partial charge on any atom is -0.305 e. The van der Waals surface area contributed by atoms with Crippen LogP contribution >= 0.6 is 0 Å². The Bertz CT molecular complexity index is 7940. The number of aromatic nitrogens is 8. The van der Waals surface area contributed by atoms with Crippen LogP contribution in [0.25, 0.3) is 90.1 Å². The van der Waals surface area contributed by atoms with Crippen molar-refractivity contribution in [2.45, 2.75) is 171 Å². The molecular weight excluding hydrogens is 2390 g/mol. The second kappa shape index (κ2) is 57.2. The van der Waals surface area contributed by atoms with Gasteiger partial charge < -0.3 is 39.9 Å². The Labute approximate surface area is 900 Å². The number of benzene rings is 8. The fraction of sp³-hybridized carbons (Fsp3) is 0.241. The Morgan fingerprint density at radius 3 is 0.894 bits per heavy atom. The monoisotopic (exact) mass is 2550 g/mol. The molecule has 0 aliphatic carbocycles. The molecule has 132 heavy (non-hydrogen) atoms. The molecular formula is C116H128Ir4N8Si4-8. The number of rotatable bonds is 19. The Morgan fingerprint density at radius 2 is 0.583 bits per heavy atom. The molecule has 0 saturated heterocycles. The van der Waals surface area contributed by atoms with E-state index in [4.69, 9.17) is 49.3 Å². The van der Waals surface area contributed by atoms with Crippen LogP contribution in [0.4, 0.5) is 0 Å². The summed E-state index contributed by atoms with van der Waals surface area (Å²) in [5, 5.41) is 5.21. The second-order valence-corrected chi connectivity index (χ2v) is 54.6. The summed E-state index contributed by atoms with van der Waals surface area (Å²) in [6.45, 7) is 47.0. The van der Waals surface area contributed by atoms with Gasteiger partial charge in [0.25, 0.3) is 0 Å². The Balaban J connectivity index is 0.000000336. The maximum absolute atomic E-state index is 8.16. The van der Waals surface area contributed by atoms with Crippen LogP contribution in [0, 0.1) is 60.4 Å². The fourth-order valence-corrected chi connectivity index (χ4v) is 18.9. The SMILES string of the molecule is [2H]c1[c-]c(-c2cc(C(C)C(C)C)c([Si](C)(C)C)cn2)c([2H])c([2H])c1[2H].[2H]c1[c-]c(-c2cc(C(C)C)c([Si](C)(C)C)cn2)c([2H])c([2H])c1[2H].[2H]c1[c-]c(-c2cc(C(C)CC)c([Si](C)(C)C)cn2)c([2H])c([2H])c1[2H].[2H]c1[c-]c(-c2cc(CC(C)C)c([Si](C)(C)C)cn2)c([2H])c([2H])c1[2H].[2H]c1[c-]c(-c2ccccn2)cc([2H])c1[2H].[2H]c1[c-]c(-c2ccccn2)cc([2H])c1[2H].[2H]c1[c-]c(-c2nc([2H])c([2H])c([2H])c2[2H])cc([2H])c1[2H].[2H]c1[c-]c(-c2nc([2H])c([2H])c([2H])c2[2H])cc([2H])c1[2H].[Ir].[Ir].[Ir].[Ir]. The van der Waals surface area contributed by atoms with Gasteiger partial charge in [0.15, 0.2) is 0 Å². The first kappa shape index (κ1) is 68.4. The Morgan fingerprint density at radius 1 is 0.288 bits per heavy atom. The van der Waals surface area contributed by atoms with Gasteiger partial charge in [-0.15, -0.1) is 286 Å². The largest absolute Gasteiger partial charge is 0.305 e. The van der Waals surface area contributed by atoms with Gasteiger partial charge in [0, 0.05) is 152 Å². The standard InChI is InChI=1S/C19H26NSi.2C18H24NSi.C17H22NSi.4C11H8N.4Ir/c1-14(2)15(3)17-12-18(16-10-8-7-9-11-16)20-13-19(17)21(4,5)6;1-14(2)11-16-12-17(15-9-7-6-8-10-15)19-13-18(16)20(3,4)5;1-6-14(2)16-12-17(15-10-8-7-9-11-15)19-13-18(16)20(3,4)5;1-13(2)15-11-16(14-9-7-6-8-10-14)18-12-17(15)19(3,4)5;4*1-2-6-10(7-3-1)11-8-4-5-9-12-11;;;;/h7-10,12-15H,1-6H3;6-9,12-14H,11H2,1-5H3;7-10,12-14H,6H2,1-5H3;6-9,11-13H,1-5H3;4*1-6,8-9H;;;;/q8*-1;;;;/i7D,8D,9D,10D;6D,7D,8D,9D;7D,8D,9D,10D;6D,7D,8D,9D;2*1D,2D,3D,4D,5D,8D,9D;2*1D,2D,3D;;;;. The van der Waals surface area contributed by atoms with Gasteiger partial charge in [-0.2, -0.15) is 0 Å². The summed E-state index contributed by atoms with van der Waals surface area (Å²) in [4.78, 5) is 33.7. The average Bonchev–Trinajstić information content (AvgIpc) is 0.785. The summed E-state index contributed by atoms with van der Waals surface area (Å²) in [6, 6.07) is 38.3. The van der Waals surface area contributed by atoms with Crippen molar-refractivity contribution in [3.05, 3.63) is 411 Å². The molecule has 0 aliphatic rings. The van der Waals surface area contributed by atoms with E-state index in [2.05, 4.69) is 229 Å². The molecule has 0 aliphatic heterocycles. The molecule has 0 fully saturated rings. The van der Waals surface area contributed by atoms with E-state index < -0.39 is 68.8 Å². The summed E-state index contributed by atoms with van der Waals surface area (Å²) in [5.74, 6) is 2.03. The van der Waals surface area contributed by atoms with Crippen molar-refractivity contribution < 1.29 is 130 Å². The van der Waals surface area contributed by atoms with Crippen LogP contribution in [0.2, 0.25) is 78.6 Å². The molecule has 692 valence electrons. The maximum atomic E-state index is 8.16. The van der Waals surface area contributed by atoms with Crippen LogP contribution in [-0.2, 0) is 86.8 Å². The first-order valence-corrected chi connectivity index (χ1v) is 55.8. The third kappa shape index (κ3) is 36.7. The molecule has 8 aromatic heterocycles. The number of nitrogens with zero attached hydrogens (tertiary/aromatic N) is 8. The minimum atomic E-state index is -1.58. The molecule has 0 spiro atoms. The fourth-order valence-electron chi connectivity index (χ4n) is 12.4. The summed E-state index contributed by atoms with van der Waals surface area (Å²) in [7, 11) is -6.20. The molecule has 16 rings (SSSR count). The number of pyridine rings is 8. The summed E-state index contributed by atoms with van der Waals surface area (Å²) >= 11 is 0. The second-order valence-electron chi connectivity index (χ2n) is 34.4. The van der Waals surface area contributed by atoms with E-state index >= 15 is 0 Å². The zero-order chi connectivity index (χ0) is 123. The normalized spacial score (nSPS) is 15.0. The van der Waals surface area contributed by atoms with E-state index in [0.29, 0.717) is 97.1 Å². The predicted octanol–water partition coefficient (Wildman–Crippen LogP) is 28.2. The van der Waals surface area contributed by atoms with Gasteiger partial charge in [-0.3, -0.25) is 0 Å². The van der Waals surface area contributed by atoms with E-state index in [1.165, 1.54) is 67.3 Å². The van der Waals surface area contributed by atoms with Crippen molar-refractivity contribution in [3.8, 4) is 90.1 Å². The minimum absolute atomic E-state index is 0. The third-order valence-electron chi connectivity index (χ3n) is 19.5. The smallest absolute Gasteiger partial charge is 0.0830 e. The molecule has 16 aromatic rings. The summed E-state index contributed by atoms with van der Waals surface area (Å²) < 4.78 is 275. The van der Waals surface area contributed by atoms with Gasteiger partial charge in [-0.1, -0.05) is 236 Å². The predicted molar refractivity (Wildman–Crippen MR) is 555 cm³/mol. The van der Waals surface area contributed by atoms with Crippen LogP contribution in [0.1, 0.15) is 158 Å². The molecule has 2 unspecified atom stereocenters. The van der Waals surface area contributed by atoms with Crippen molar-refractivity contribution in [1.82, 2.24) is 39.9 Å². The van der Waals surface area contributed by atoms with Gasteiger partial charge in [-0.05, 0) is 149 Å². The van der Waals surface area contributed by atoms with Crippen LogP contribution in [-0.4, -0.2) is 72.2 Å². The molecule has 8 aromatic carbocycles. The Kier molecular flexibility index (Phi) is 29.7. The van der Waals surface area contributed by atoms with E-state index in [1.807, 2.05) is 61.2 Å². The third-order valence-corrected chi connectivity index (χ3v) is 27.6. The average molecular weight is 2550 g/mol. The Hall–Kier alpha value is -9.58. The van der Waals surface area contributed by atoms with Crippen molar-refractivity contribution in [3.63, 3.8) is 0 Å². The van der Waals surface area contributed by atoms with Crippen LogP contribution < -0.4 is 20.7 Å². The van der Waals surface area contributed by atoms with E-state index in [1.54, 1.807) is 36.7 Å². The van der Waals surface area contributed by atoms with E-state index in [0.717, 1.165) is 12.8 Å². The van der Waals surface area contributed by atoms with Crippen molar-refractivity contribution in [2.24, 2.45) is 11.8 Å². The molecule has 0 saturated carbocycles. The van der Waals surface area contributed by atoms with Gasteiger partial charge in [-0.25, -0.2) is 0 Å².